The summed E-state index contributed by atoms with van der Waals surface area (Å²) in [5.74, 6) is -0.630. The normalized spacial score (nSPS) is 17.9. The number of carbonyl (C=O) groups is 1. The van der Waals surface area contributed by atoms with Gasteiger partial charge in [-0.1, -0.05) is 48.1 Å². The number of methoxy groups -OCH3 is 1. The first-order chi connectivity index (χ1) is 14.1. The molecular weight excluding hydrogens is 374 g/mol. The molecule has 0 amide bonds. The average Bonchev–Trinajstić information content (AvgIpc) is 3.20. The second-order valence-corrected chi connectivity index (χ2v) is 6.54. The van der Waals surface area contributed by atoms with Crippen LogP contribution in [0.5, 0.6) is 11.5 Å². The smallest absolute Gasteiger partial charge is 0.317 e. The Kier molecular flexibility index (Phi) is 4.86. The number of esters is 1. The van der Waals surface area contributed by atoms with E-state index in [1.165, 1.54) is 17.9 Å². The fraction of sp³-hybridized carbons (Fsp3) is 0.200. The molecule has 0 aliphatic carbocycles. The number of phenols is 1. The average molecular weight is 393 g/mol. The molecule has 0 unspecified atom stereocenters. The molecule has 4 rings (SSSR count). The third kappa shape index (κ3) is 3.49. The Labute approximate surface area is 166 Å². The van der Waals surface area contributed by atoms with E-state index < -0.39 is 17.9 Å². The van der Waals surface area contributed by atoms with Crippen LogP contribution >= 0.6 is 0 Å². The van der Waals surface area contributed by atoms with E-state index >= 15 is 0 Å². The van der Waals surface area contributed by atoms with Crippen molar-refractivity contribution in [2.45, 2.75) is 12.6 Å². The zero-order chi connectivity index (χ0) is 20.4. The second kappa shape index (κ2) is 7.63. The van der Waals surface area contributed by atoms with Crippen LogP contribution < -0.4 is 10.1 Å². The van der Waals surface area contributed by atoms with Gasteiger partial charge in [-0.3, -0.25) is 4.79 Å². The maximum atomic E-state index is 13.0. The Morgan fingerprint density at radius 2 is 2.07 bits per heavy atom. The predicted octanol–water partition coefficient (Wildman–Crippen LogP) is 2.28. The molecule has 3 aromatic rings. The van der Waals surface area contributed by atoms with Gasteiger partial charge in [0.05, 0.1) is 7.11 Å². The number of carbonyl (C=O) groups excluding carboxylic acids is 1. The molecule has 0 saturated heterocycles. The van der Waals surface area contributed by atoms with Crippen molar-refractivity contribution in [1.29, 1.82) is 0 Å². The molecule has 2 heterocycles. The number of tetrazole rings is 1. The minimum absolute atomic E-state index is 0.0100. The first kappa shape index (κ1) is 18.5. The monoisotopic (exact) mass is 393 g/mol. The van der Waals surface area contributed by atoms with Crippen molar-refractivity contribution in [2.75, 3.05) is 12.4 Å². The SMILES string of the molecule is C=C1Nc2nnnn2[C@@H](c2ccc(O)c(OC)c2)[C@@H]1C(=O)OCc1ccccc1. The van der Waals surface area contributed by atoms with Crippen molar-refractivity contribution in [2.24, 2.45) is 5.92 Å². The van der Waals surface area contributed by atoms with Gasteiger partial charge in [0, 0.05) is 5.70 Å². The Bertz CT molecular complexity index is 1050. The molecule has 0 bridgehead atoms. The number of phenolic OH excluding ortho intramolecular Hbond substituents is 1. The summed E-state index contributed by atoms with van der Waals surface area (Å²) in [6.07, 6.45) is 0. The van der Waals surface area contributed by atoms with E-state index in [9.17, 15) is 9.90 Å². The lowest BCUT2D eigenvalue weighted by Crippen LogP contribution is -2.37. The summed E-state index contributed by atoms with van der Waals surface area (Å²) < 4.78 is 12.3. The lowest BCUT2D eigenvalue weighted by atomic mass is 9.89. The molecule has 0 spiro atoms. The van der Waals surface area contributed by atoms with E-state index in [0.29, 0.717) is 17.2 Å². The van der Waals surface area contributed by atoms with Crippen molar-refractivity contribution >= 4 is 11.9 Å². The highest BCUT2D eigenvalue weighted by Crippen LogP contribution is 2.40. The van der Waals surface area contributed by atoms with Crippen molar-refractivity contribution in [3.8, 4) is 11.5 Å². The topological polar surface area (TPSA) is 111 Å². The van der Waals surface area contributed by atoms with Crippen LogP contribution in [-0.2, 0) is 16.1 Å². The van der Waals surface area contributed by atoms with Crippen molar-refractivity contribution in [3.05, 3.63) is 71.9 Å². The predicted molar refractivity (Wildman–Crippen MR) is 103 cm³/mol. The van der Waals surface area contributed by atoms with Crippen LogP contribution in [0.25, 0.3) is 0 Å². The summed E-state index contributed by atoms with van der Waals surface area (Å²) in [5.41, 5.74) is 1.96. The quantitative estimate of drug-likeness (QED) is 0.635. The van der Waals surface area contributed by atoms with Crippen LogP contribution in [0.1, 0.15) is 17.2 Å². The van der Waals surface area contributed by atoms with E-state index in [1.54, 1.807) is 12.1 Å². The molecule has 9 heteroatoms. The van der Waals surface area contributed by atoms with Gasteiger partial charge in [0.25, 0.3) is 0 Å². The molecule has 2 atom stereocenters. The first-order valence-corrected chi connectivity index (χ1v) is 8.89. The fourth-order valence-electron chi connectivity index (χ4n) is 3.32. The molecule has 0 fully saturated rings. The summed E-state index contributed by atoms with van der Waals surface area (Å²) in [5, 5.41) is 24.5. The first-order valence-electron chi connectivity index (χ1n) is 8.89. The van der Waals surface area contributed by atoms with Gasteiger partial charge in [0.1, 0.15) is 18.6 Å². The summed E-state index contributed by atoms with van der Waals surface area (Å²) >= 11 is 0. The van der Waals surface area contributed by atoms with E-state index in [-0.39, 0.29) is 18.1 Å². The zero-order valence-electron chi connectivity index (χ0n) is 15.6. The Morgan fingerprint density at radius 3 is 2.83 bits per heavy atom. The summed E-state index contributed by atoms with van der Waals surface area (Å²) in [6.45, 7) is 4.12. The van der Waals surface area contributed by atoms with Gasteiger partial charge in [0.15, 0.2) is 11.5 Å². The number of ether oxygens (including phenoxy) is 2. The highest BCUT2D eigenvalue weighted by molar-refractivity contribution is 5.79. The van der Waals surface area contributed by atoms with Crippen molar-refractivity contribution in [3.63, 3.8) is 0 Å². The number of hydrogen-bond donors (Lipinski definition) is 2. The van der Waals surface area contributed by atoms with Crippen LogP contribution in [0.15, 0.2) is 60.8 Å². The number of benzene rings is 2. The summed E-state index contributed by atoms with van der Waals surface area (Å²) in [6, 6.07) is 13.6. The fourth-order valence-corrected chi connectivity index (χ4v) is 3.32. The molecule has 1 aromatic heterocycles. The van der Waals surface area contributed by atoms with Crippen LogP contribution in [0, 0.1) is 5.92 Å². The molecule has 0 radical (unpaired) electrons. The minimum atomic E-state index is -0.788. The molecule has 1 aliphatic rings. The van der Waals surface area contributed by atoms with Gasteiger partial charge in [-0.05, 0) is 33.7 Å². The van der Waals surface area contributed by atoms with Gasteiger partial charge in [-0.15, -0.1) is 0 Å². The largest absolute Gasteiger partial charge is 0.504 e. The van der Waals surface area contributed by atoms with Gasteiger partial charge in [-0.25, -0.2) is 4.68 Å². The third-order valence-corrected chi connectivity index (χ3v) is 4.74. The number of aromatic hydroxyl groups is 1. The number of fused-ring (bicyclic) bond motifs is 1. The van der Waals surface area contributed by atoms with E-state index in [0.717, 1.165) is 5.56 Å². The summed E-state index contributed by atoms with van der Waals surface area (Å²) in [4.78, 5) is 13.0. The maximum absolute atomic E-state index is 13.0. The number of nitrogens with one attached hydrogen (secondary N) is 1. The molecule has 2 aromatic carbocycles. The molecule has 29 heavy (non-hydrogen) atoms. The molecular formula is C20H19N5O4. The van der Waals surface area contributed by atoms with E-state index in [1.807, 2.05) is 30.3 Å². The minimum Gasteiger partial charge on any atom is -0.504 e. The lowest BCUT2D eigenvalue weighted by Gasteiger charge is -2.32. The van der Waals surface area contributed by atoms with Gasteiger partial charge >= 0.3 is 5.97 Å². The number of aromatic nitrogens is 4. The van der Waals surface area contributed by atoms with Crippen LogP contribution in [-0.4, -0.2) is 38.4 Å². The molecule has 1 aliphatic heterocycles. The van der Waals surface area contributed by atoms with E-state index in [2.05, 4.69) is 27.4 Å². The van der Waals surface area contributed by atoms with Crippen molar-refractivity contribution in [1.82, 2.24) is 20.2 Å². The second-order valence-electron chi connectivity index (χ2n) is 6.54. The van der Waals surface area contributed by atoms with Crippen LogP contribution in [0.3, 0.4) is 0 Å². The number of anilines is 1. The van der Waals surface area contributed by atoms with Crippen LogP contribution in [0.2, 0.25) is 0 Å². The molecule has 9 nitrogen and oxygen atoms in total. The Balaban J connectivity index is 1.69. The standard InChI is InChI=1S/C20H19N5O4/c1-12-17(19(27)29-11-13-6-4-3-5-7-13)18(25-20(21-12)22-23-24-25)14-8-9-15(26)16(10-14)28-2/h3-10,17-18,26H,1,11H2,2H3,(H,21,22,24)/t17-,18+/m1/s1. The highest BCUT2D eigenvalue weighted by Gasteiger charge is 2.41. The Hall–Kier alpha value is -3.88. The number of hydrogen-bond acceptors (Lipinski definition) is 8. The zero-order valence-corrected chi connectivity index (χ0v) is 15.6. The highest BCUT2D eigenvalue weighted by atomic mass is 16.5. The lowest BCUT2D eigenvalue weighted by molar-refractivity contribution is -0.149. The van der Waals surface area contributed by atoms with E-state index in [4.69, 9.17) is 9.47 Å². The molecule has 148 valence electrons. The molecule has 0 saturated carbocycles. The van der Waals surface area contributed by atoms with Crippen LogP contribution in [0.4, 0.5) is 5.95 Å². The molecule has 2 N–H and O–H groups in total. The van der Waals surface area contributed by atoms with Gasteiger partial charge in [0.2, 0.25) is 5.95 Å². The third-order valence-electron chi connectivity index (χ3n) is 4.74. The van der Waals surface area contributed by atoms with Gasteiger partial charge < -0.3 is 19.9 Å². The van der Waals surface area contributed by atoms with Crippen molar-refractivity contribution < 1.29 is 19.4 Å². The summed E-state index contributed by atoms with van der Waals surface area (Å²) in [7, 11) is 1.45. The maximum Gasteiger partial charge on any atom is 0.317 e. The Morgan fingerprint density at radius 1 is 1.28 bits per heavy atom. The number of rotatable bonds is 5. The number of nitrogens with zero attached hydrogens (tertiary/aromatic N) is 4. The van der Waals surface area contributed by atoms with Gasteiger partial charge in [-0.2, -0.15) is 0 Å².